The van der Waals surface area contributed by atoms with E-state index in [1.165, 1.54) is 12.8 Å². The van der Waals surface area contributed by atoms with Crippen molar-refractivity contribution in [2.24, 2.45) is 0 Å². The largest absolute Gasteiger partial charge is 0.393 e. The highest BCUT2D eigenvalue weighted by Crippen LogP contribution is 2.10. The minimum atomic E-state index is -0.138. The lowest BCUT2D eigenvalue weighted by Gasteiger charge is -2.19. The van der Waals surface area contributed by atoms with Gasteiger partial charge in [0.15, 0.2) is 0 Å². The summed E-state index contributed by atoms with van der Waals surface area (Å²) in [6.07, 6.45) is 5.48. The number of hydrogen-bond donors (Lipinski definition) is 1. The van der Waals surface area contributed by atoms with Crippen molar-refractivity contribution in [2.75, 3.05) is 6.61 Å². The van der Waals surface area contributed by atoms with Gasteiger partial charge in [-0.05, 0) is 40.5 Å². The van der Waals surface area contributed by atoms with E-state index in [-0.39, 0.29) is 11.7 Å². The number of unbranched alkanes of at least 4 members (excludes halogenated alkanes) is 3. The Morgan fingerprint density at radius 1 is 1.07 bits per heavy atom. The molecule has 0 bridgehead atoms. The van der Waals surface area contributed by atoms with Crippen molar-refractivity contribution in [2.45, 2.75) is 71.5 Å². The zero-order valence-corrected chi connectivity index (χ0v) is 10.2. The van der Waals surface area contributed by atoms with Gasteiger partial charge < -0.3 is 9.84 Å². The SMILES string of the molecule is CC(O)CCCCCCOC(C)(C)C. The van der Waals surface area contributed by atoms with Crippen molar-refractivity contribution in [1.82, 2.24) is 0 Å². The number of rotatable bonds is 7. The van der Waals surface area contributed by atoms with Gasteiger partial charge in [-0.15, -0.1) is 0 Å². The van der Waals surface area contributed by atoms with Crippen LogP contribution in [0.3, 0.4) is 0 Å². The predicted octanol–water partition coefficient (Wildman–Crippen LogP) is 3.13. The minimum absolute atomic E-state index is 0.000384. The zero-order valence-electron chi connectivity index (χ0n) is 10.2. The summed E-state index contributed by atoms with van der Waals surface area (Å²) in [5.41, 5.74) is -0.000384. The van der Waals surface area contributed by atoms with Crippen LogP contribution < -0.4 is 0 Å². The molecular formula is C12H26O2. The van der Waals surface area contributed by atoms with Crippen LogP contribution in [0.15, 0.2) is 0 Å². The average molecular weight is 202 g/mol. The van der Waals surface area contributed by atoms with Crippen LogP contribution in [0.1, 0.15) is 59.8 Å². The number of hydrogen-bond acceptors (Lipinski definition) is 2. The summed E-state index contributed by atoms with van der Waals surface area (Å²) >= 11 is 0. The third-order valence-electron chi connectivity index (χ3n) is 2.05. The van der Waals surface area contributed by atoms with Gasteiger partial charge in [0.05, 0.1) is 11.7 Å². The summed E-state index contributed by atoms with van der Waals surface area (Å²) in [7, 11) is 0. The van der Waals surface area contributed by atoms with Crippen molar-refractivity contribution < 1.29 is 9.84 Å². The van der Waals surface area contributed by atoms with E-state index in [2.05, 4.69) is 20.8 Å². The van der Waals surface area contributed by atoms with Gasteiger partial charge >= 0.3 is 0 Å². The quantitative estimate of drug-likeness (QED) is 0.643. The third-order valence-corrected chi connectivity index (χ3v) is 2.05. The molecule has 0 aromatic heterocycles. The van der Waals surface area contributed by atoms with Crippen molar-refractivity contribution in [3.63, 3.8) is 0 Å². The molecule has 1 unspecified atom stereocenters. The lowest BCUT2D eigenvalue weighted by Crippen LogP contribution is -2.19. The van der Waals surface area contributed by atoms with Crippen LogP contribution in [0.25, 0.3) is 0 Å². The van der Waals surface area contributed by atoms with Gasteiger partial charge in [0.1, 0.15) is 0 Å². The van der Waals surface area contributed by atoms with E-state index in [4.69, 9.17) is 9.84 Å². The molecule has 1 atom stereocenters. The Morgan fingerprint density at radius 3 is 2.14 bits per heavy atom. The highest BCUT2D eigenvalue weighted by atomic mass is 16.5. The van der Waals surface area contributed by atoms with E-state index in [1.54, 1.807) is 0 Å². The van der Waals surface area contributed by atoms with E-state index in [0.29, 0.717) is 0 Å². The molecule has 0 fully saturated rings. The first kappa shape index (κ1) is 13.9. The minimum Gasteiger partial charge on any atom is -0.393 e. The second-order valence-corrected chi connectivity index (χ2v) is 5.01. The summed E-state index contributed by atoms with van der Waals surface area (Å²) in [5.74, 6) is 0. The smallest absolute Gasteiger partial charge is 0.0598 e. The molecule has 14 heavy (non-hydrogen) atoms. The molecule has 0 rings (SSSR count). The first-order chi connectivity index (χ1) is 6.42. The number of aliphatic hydroxyl groups excluding tert-OH is 1. The van der Waals surface area contributed by atoms with Crippen molar-refractivity contribution in [3.05, 3.63) is 0 Å². The standard InChI is InChI=1S/C12H26O2/c1-11(13)9-7-5-6-8-10-14-12(2,3)4/h11,13H,5-10H2,1-4H3. The van der Waals surface area contributed by atoms with E-state index in [1.807, 2.05) is 6.92 Å². The van der Waals surface area contributed by atoms with Crippen LogP contribution in [0, 0.1) is 0 Å². The maximum atomic E-state index is 9.04. The maximum Gasteiger partial charge on any atom is 0.0598 e. The van der Waals surface area contributed by atoms with Gasteiger partial charge in [0.25, 0.3) is 0 Å². The molecule has 1 N–H and O–H groups in total. The van der Waals surface area contributed by atoms with E-state index in [0.717, 1.165) is 25.9 Å². The van der Waals surface area contributed by atoms with E-state index in [9.17, 15) is 0 Å². The Labute approximate surface area is 88.7 Å². The van der Waals surface area contributed by atoms with Crippen LogP contribution in [0.2, 0.25) is 0 Å². The first-order valence-electron chi connectivity index (χ1n) is 5.74. The Bertz CT molecular complexity index is 125. The molecule has 0 heterocycles. The van der Waals surface area contributed by atoms with E-state index >= 15 is 0 Å². The summed E-state index contributed by atoms with van der Waals surface area (Å²) in [5, 5.41) is 9.04. The van der Waals surface area contributed by atoms with Gasteiger partial charge in [-0.1, -0.05) is 19.3 Å². The van der Waals surface area contributed by atoms with Gasteiger partial charge in [-0.2, -0.15) is 0 Å². The second kappa shape index (κ2) is 7.24. The maximum absolute atomic E-state index is 9.04. The Morgan fingerprint density at radius 2 is 1.64 bits per heavy atom. The lowest BCUT2D eigenvalue weighted by atomic mass is 10.1. The van der Waals surface area contributed by atoms with Crippen LogP contribution in [0.4, 0.5) is 0 Å². The Balaban J connectivity index is 3.07. The number of aliphatic hydroxyl groups is 1. The molecule has 0 aromatic carbocycles. The molecule has 86 valence electrons. The molecule has 0 aromatic rings. The Hall–Kier alpha value is -0.0800. The molecule has 0 spiro atoms. The van der Waals surface area contributed by atoms with Gasteiger partial charge in [-0.25, -0.2) is 0 Å². The van der Waals surface area contributed by atoms with Crippen LogP contribution in [-0.4, -0.2) is 23.4 Å². The molecule has 0 amide bonds. The molecule has 0 aliphatic heterocycles. The lowest BCUT2D eigenvalue weighted by molar-refractivity contribution is -0.00478. The summed E-state index contributed by atoms with van der Waals surface area (Å²) in [6, 6.07) is 0. The highest BCUT2D eigenvalue weighted by Gasteiger charge is 2.08. The molecule has 2 nitrogen and oxygen atoms in total. The normalized spacial score (nSPS) is 14.4. The van der Waals surface area contributed by atoms with E-state index < -0.39 is 0 Å². The van der Waals surface area contributed by atoms with Gasteiger partial charge in [0, 0.05) is 6.61 Å². The zero-order chi connectivity index (χ0) is 11.0. The monoisotopic (exact) mass is 202 g/mol. The summed E-state index contributed by atoms with van der Waals surface area (Å²) in [6.45, 7) is 8.96. The van der Waals surface area contributed by atoms with Crippen LogP contribution >= 0.6 is 0 Å². The molecule has 0 saturated heterocycles. The predicted molar refractivity (Wildman–Crippen MR) is 60.5 cm³/mol. The first-order valence-corrected chi connectivity index (χ1v) is 5.74. The topological polar surface area (TPSA) is 29.5 Å². The highest BCUT2D eigenvalue weighted by molar-refractivity contribution is 4.58. The van der Waals surface area contributed by atoms with Gasteiger partial charge in [0.2, 0.25) is 0 Å². The molecule has 0 radical (unpaired) electrons. The summed E-state index contributed by atoms with van der Waals surface area (Å²) < 4.78 is 5.61. The fourth-order valence-electron chi connectivity index (χ4n) is 1.27. The molecule has 0 aliphatic carbocycles. The van der Waals surface area contributed by atoms with Crippen molar-refractivity contribution in [3.8, 4) is 0 Å². The summed E-state index contributed by atoms with van der Waals surface area (Å²) in [4.78, 5) is 0. The van der Waals surface area contributed by atoms with Crippen molar-refractivity contribution >= 4 is 0 Å². The Kier molecular flexibility index (Phi) is 7.20. The van der Waals surface area contributed by atoms with Gasteiger partial charge in [-0.3, -0.25) is 0 Å². The van der Waals surface area contributed by atoms with Crippen LogP contribution in [-0.2, 0) is 4.74 Å². The van der Waals surface area contributed by atoms with Crippen molar-refractivity contribution in [1.29, 1.82) is 0 Å². The average Bonchev–Trinajstić information content (AvgIpc) is 2.00. The molecule has 0 aliphatic rings. The van der Waals surface area contributed by atoms with Crippen LogP contribution in [0.5, 0.6) is 0 Å². The molecule has 2 heteroatoms. The molecule has 0 saturated carbocycles. The number of ether oxygens (including phenoxy) is 1. The fourth-order valence-corrected chi connectivity index (χ4v) is 1.27. The molecular weight excluding hydrogens is 176 g/mol. The third kappa shape index (κ3) is 11.9. The second-order valence-electron chi connectivity index (χ2n) is 5.01. The fraction of sp³-hybridized carbons (Fsp3) is 1.00.